The Morgan fingerprint density at radius 1 is 1.24 bits per heavy atom. The number of sulfone groups is 1. The second-order valence-corrected chi connectivity index (χ2v) is 11.0. The normalized spacial score (nSPS) is 12.5. The third-order valence-corrected chi connectivity index (χ3v) is 6.91. The maximum absolute atomic E-state index is 11.9. The summed E-state index contributed by atoms with van der Waals surface area (Å²) in [5.74, 6) is 2.11. The maximum Gasteiger partial charge on any atom is 0.191 e. The lowest BCUT2D eigenvalue weighted by atomic mass is 10.1. The van der Waals surface area contributed by atoms with Crippen molar-refractivity contribution in [2.45, 2.75) is 58.8 Å². The molecule has 0 aromatic heterocycles. The van der Waals surface area contributed by atoms with Gasteiger partial charge in [-0.05, 0) is 51.2 Å². The van der Waals surface area contributed by atoms with E-state index in [0.29, 0.717) is 25.0 Å². The summed E-state index contributed by atoms with van der Waals surface area (Å²) in [5.41, 5.74) is 2.19. The summed E-state index contributed by atoms with van der Waals surface area (Å²) >= 11 is 0. The average Bonchev–Trinajstić information content (AvgIpc) is 2.59. The zero-order valence-electron chi connectivity index (χ0n) is 18.8. The summed E-state index contributed by atoms with van der Waals surface area (Å²) in [7, 11) is -1.50. The van der Waals surface area contributed by atoms with Gasteiger partial charge in [0.1, 0.15) is 5.75 Å². The smallest absolute Gasteiger partial charge is 0.191 e. The Morgan fingerprint density at radius 2 is 1.90 bits per heavy atom. The molecule has 8 heteroatoms. The molecule has 0 spiro atoms. The molecule has 0 atom stereocenters. The Labute approximate surface area is 194 Å². The number of hydrogen-bond acceptors (Lipinski definition) is 4. The molecule has 0 bridgehead atoms. The fourth-order valence-corrected chi connectivity index (χ4v) is 2.78. The fourth-order valence-electron chi connectivity index (χ4n) is 2.44. The van der Waals surface area contributed by atoms with Gasteiger partial charge in [0.15, 0.2) is 15.8 Å². The highest BCUT2D eigenvalue weighted by Crippen LogP contribution is 2.21. The van der Waals surface area contributed by atoms with Crippen molar-refractivity contribution in [1.29, 1.82) is 0 Å². The van der Waals surface area contributed by atoms with Crippen molar-refractivity contribution >= 4 is 39.8 Å². The van der Waals surface area contributed by atoms with Crippen LogP contribution in [0, 0.1) is 12.8 Å². The van der Waals surface area contributed by atoms with Crippen molar-refractivity contribution in [2.75, 3.05) is 26.5 Å². The quantitative estimate of drug-likeness (QED) is 0.204. The van der Waals surface area contributed by atoms with Crippen LogP contribution < -0.4 is 15.4 Å². The largest absolute Gasteiger partial charge is 0.493 e. The van der Waals surface area contributed by atoms with Gasteiger partial charge in [-0.2, -0.15) is 0 Å². The number of aliphatic imine (C=N–C) groups is 1. The molecular formula is C21H38IN3O3S. The Hall–Kier alpha value is -1.03. The first kappa shape index (κ1) is 28.0. The van der Waals surface area contributed by atoms with Crippen molar-refractivity contribution in [3.63, 3.8) is 0 Å². The molecule has 0 unspecified atom stereocenters. The van der Waals surface area contributed by atoms with E-state index in [1.807, 2.05) is 13.0 Å². The van der Waals surface area contributed by atoms with Crippen LogP contribution in [-0.4, -0.2) is 45.6 Å². The van der Waals surface area contributed by atoms with Gasteiger partial charge >= 0.3 is 0 Å². The SMILES string of the molecule is CN=C(NCc1ccc(C)cc1OCCCC(C)C)NCC(C)(C)S(C)(=O)=O.I. The van der Waals surface area contributed by atoms with Gasteiger partial charge in [-0.25, -0.2) is 8.42 Å². The standard InChI is InChI=1S/C21H37N3O3S.HI/c1-16(2)9-8-12-27-19-13-17(3)10-11-18(19)14-23-20(22-6)24-15-21(4,5)28(7,25)26;/h10-11,13,16H,8-9,12,14-15H2,1-7H3,(H2,22,23,24);1H. The van der Waals surface area contributed by atoms with E-state index in [0.717, 1.165) is 29.7 Å². The highest BCUT2D eigenvalue weighted by atomic mass is 127. The van der Waals surface area contributed by atoms with Crippen LogP contribution in [-0.2, 0) is 16.4 Å². The lowest BCUT2D eigenvalue weighted by Crippen LogP contribution is -2.47. The molecule has 1 aromatic carbocycles. The Balaban J connectivity index is 0.00000784. The van der Waals surface area contributed by atoms with Crippen LogP contribution >= 0.6 is 24.0 Å². The highest BCUT2D eigenvalue weighted by molar-refractivity contribution is 14.0. The van der Waals surface area contributed by atoms with Gasteiger partial charge in [0.2, 0.25) is 0 Å². The van der Waals surface area contributed by atoms with Gasteiger partial charge < -0.3 is 15.4 Å². The summed E-state index contributed by atoms with van der Waals surface area (Å²) in [5, 5.41) is 6.34. The Kier molecular flexibility index (Phi) is 12.2. The zero-order valence-corrected chi connectivity index (χ0v) is 22.0. The molecule has 0 saturated carbocycles. The van der Waals surface area contributed by atoms with E-state index < -0.39 is 14.6 Å². The molecule has 6 nitrogen and oxygen atoms in total. The molecule has 1 rings (SSSR count). The van der Waals surface area contributed by atoms with Crippen molar-refractivity contribution in [3.8, 4) is 5.75 Å². The molecule has 0 aliphatic heterocycles. The van der Waals surface area contributed by atoms with Gasteiger partial charge in [-0.1, -0.05) is 26.0 Å². The number of nitrogens with one attached hydrogen (secondary N) is 2. The molecule has 0 fully saturated rings. The predicted molar refractivity (Wildman–Crippen MR) is 133 cm³/mol. The first-order chi connectivity index (χ1) is 13.0. The van der Waals surface area contributed by atoms with Crippen molar-refractivity contribution < 1.29 is 13.2 Å². The summed E-state index contributed by atoms with van der Waals surface area (Å²) in [6.07, 6.45) is 3.43. The number of guanidine groups is 1. The van der Waals surface area contributed by atoms with Crippen LogP contribution in [0.1, 0.15) is 51.7 Å². The first-order valence-electron chi connectivity index (χ1n) is 9.82. The van der Waals surface area contributed by atoms with Crippen molar-refractivity contribution in [2.24, 2.45) is 10.9 Å². The molecule has 29 heavy (non-hydrogen) atoms. The highest BCUT2D eigenvalue weighted by Gasteiger charge is 2.30. The van der Waals surface area contributed by atoms with E-state index in [-0.39, 0.29) is 30.5 Å². The first-order valence-corrected chi connectivity index (χ1v) is 11.7. The van der Waals surface area contributed by atoms with Gasteiger partial charge in [0.25, 0.3) is 0 Å². The van der Waals surface area contributed by atoms with Gasteiger partial charge in [-0.15, -0.1) is 24.0 Å². The number of hydrogen-bond donors (Lipinski definition) is 2. The molecule has 0 aliphatic carbocycles. The predicted octanol–water partition coefficient (Wildman–Crippen LogP) is 3.92. The summed E-state index contributed by atoms with van der Waals surface area (Å²) in [6, 6.07) is 6.16. The third-order valence-electron chi connectivity index (χ3n) is 4.76. The summed E-state index contributed by atoms with van der Waals surface area (Å²) in [4.78, 5) is 4.19. The van der Waals surface area contributed by atoms with Crippen molar-refractivity contribution in [1.82, 2.24) is 10.6 Å². The molecule has 0 radical (unpaired) electrons. The van der Waals surface area contributed by atoms with E-state index in [2.05, 4.69) is 41.6 Å². The fraction of sp³-hybridized carbons (Fsp3) is 0.667. The minimum absolute atomic E-state index is 0. The Bertz CT molecular complexity index is 762. The second kappa shape index (κ2) is 12.6. The van der Waals surface area contributed by atoms with Crippen LogP contribution in [0.15, 0.2) is 23.2 Å². The van der Waals surface area contributed by atoms with Gasteiger partial charge in [0.05, 0.1) is 11.4 Å². The van der Waals surface area contributed by atoms with Crippen molar-refractivity contribution in [3.05, 3.63) is 29.3 Å². The molecule has 0 saturated heterocycles. The van der Waals surface area contributed by atoms with E-state index in [1.54, 1.807) is 20.9 Å². The molecular weight excluding hydrogens is 501 g/mol. The number of rotatable bonds is 10. The zero-order chi connectivity index (χ0) is 21.4. The maximum atomic E-state index is 11.9. The number of aryl methyl sites for hydroxylation is 1. The topological polar surface area (TPSA) is 79.8 Å². The number of benzene rings is 1. The lowest BCUT2D eigenvalue weighted by Gasteiger charge is -2.24. The molecule has 0 aliphatic rings. The number of halogens is 1. The van der Waals surface area contributed by atoms with Crippen LogP contribution in [0.3, 0.4) is 0 Å². The van der Waals surface area contributed by atoms with E-state index in [9.17, 15) is 8.42 Å². The van der Waals surface area contributed by atoms with Crippen LogP contribution in [0.2, 0.25) is 0 Å². The summed E-state index contributed by atoms with van der Waals surface area (Å²) in [6.45, 7) is 11.4. The van der Waals surface area contributed by atoms with E-state index in [1.165, 1.54) is 6.26 Å². The second-order valence-electron chi connectivity index (χ2n) is 8.31. The molecule has 1 aromatic rings. The van der Waals surface area contributed by atoms with Crippen LogP contribution in [0.25, 0.3) is 0 Å². The minimum Gasteiger partial charge on any atom is -0.493 e. The third kappa shape index (κ3) is 10.0. The average molecular weight is 540 g/mol. The van der Waals surface area contributed by atoms with Crippen LogP contribution in [0.5, 0.6) is 5.75 Å². The van der Waals surface area contributed by atoms with Crippen LogP contribution in [0.4, 0.5) is 0 Å². The minimum atomic E-state index is -3.17. The lowest BCUT2D eigenvalue weighted by molar-refractivity contribution is 0.294. The number of nitrogens with zero attached hydrogens (tertiary/aromatic N) is 1. The van der Waals surface area contributed by atoms with E-state index >= 15 is 0 Å². The summed E-state index contributed by atoms with van der Waals surface area (Å²) < 4.78 is 28.9. The molecule has 2 N–H and O–H groups in total. The van der Waals surface area contributed by atoms with Gasteiger partial charge in [0, 0.05) is 32.0 Å². The van der Waals surface area contributed by atoms with E-state index in [4.69, 9.17) is 4.74 Å². The molecule has 0 amide bonds. The molecule has 0 heterocycles. The number of ether oxygens (including phenoxy) is 1. The van der Waals surface area contributed by atoms with Gasteiger partial charge in [-0.3, -0.25) is 4.99 Å². The molecule has 168 valence electrons. The monoisotopic (exact) mass is 539 g/mol. The Morgan fingerprint density at radius 3 is 2.45 bits per heavy atom.